The molecule has 1 aromatic rings. The zero-order valence-corrected chi connectivity index (χ0v) is 12.9. The molecule has 0 saturated carbocycles. The Morgan fingerprint density at radius 1 is 1.45 bits per heavy atom. The van der Waals surface area contributed by atoms with Crippen LogP contribution in [0.1, 0.15) is 17.9 Å². The lowest BCUT2D eigenvalue weighted by Gasteiger charge is -2.39. The summed E-state index contributed by atoms with van der Waals surface area (Å²) in [6.07, 6.45) is -0.206. The van der Waals surface area contributed by atoms with Crippen LogP contribution in [-0.2, 0) is 20.9 Å². The number of rotatable bonds is 7. The molecule has 0 aromatic carbocycles. The highest BCUT2D eigenvalue weighted by Gasteiger charge is 2.36. The van der Waals surface area contributed by atoms with Gasteiger partial charge in [-0.1, -0.05) is 0 Å². The van der Waals surface area contributed by atoms with E-state index < -0.39 is 12.0 Å². The number of aryl methyl sites for hydroxylation is 1. The van der Waals surface area contributed by atoms with Gasteiger partial charge in [0.1, 0.15) is 17.6 Å². The number of piperazine rings is 1. The van der Waals surface area contributed by atoms with Crippen molar-refractivity contribution in [2.24, 2.45) is 0 Å². The van der Waals surface area contributed by atoms with Crippen LogP contribution < -0.4 is 0 Å². The molecule has 1 aromatic heterocycles. The molecule has 2 rings (SSSR count). The number of carboxylic acids is 1. The normalized spacial score (nSPS) is 19.6. The van der Waals surface area contributed by atoms with Crippen LogP contribution in [-0.4, -0.2) is 66.2 Å². The molecule has 0 spiro atoms. The van der Waals surface area contributed by atoms with E-state index in [9.17, 15) is 9.59 Å². The molecule has 0 bridgehead atoms. The number of carboxylic acid groups (broad SMARTS) is 1. The topological polar surface area (TPSA) is 83.2 Å². The van der Waals surface area contributed by atoms with Gasteiger partial charge in [0, 0.05) is 26.7 Å². The molecule has 1 N–H and O–H groups in total. The zero-order chi connectivity index (χ0) is 16.1. The highest BCUT2D eigenvalue weighted by Crippen LogP contribution is 2.19. The minimum Gasteiger partial charge on any atom is -0.481 e. The van der Waals surface area contributed by atoms with E-state index in [1.54, 1.807) is 12.0 Å². The van der Waals surface area contributed by atoms with Crippen LogP contribution in [0.5, 0.6) is 0 Å². The Bertz CT molecular complexity index is 528. The predicted octanol–water partition coefficient (Wildman–Crippen LogP) is 0.722. The fourth-order valence-electron chi connectivity index (χ4n) is 2.65. The number of carbonyl (C=O) groups excluding carboxylic acids is 1. The first-order valence-electron chi connectivity index (χ1n) is 7.30. The van der Waals surface area contributed by atoms with Crippen LogP contribution in [0.3, 0.4) is 0 Å². The molecule has 1 saturated heterocycles. The second-order valence-corrected chi connectivity index (χ2v) is 5.41. The SMILES string of the molecule is COCCN1CCN(Cc2ccc(C)o2)C(CC(=O)O)C1=O. The van der Waals surface area contributed by atoms with Gasteiger partial charge >= 0.3 is 5.97 Å². The van der Waals surface area contributed by atoms with Crippen molar-refractivity contribution in [3.8, 4) is 0 Å². The van der Waals surface area contributed by atoms with E-state index in [2.05, 4.69) is 0 Å². The Kier molecular flexibility index (Phi) is 5.57. The standard InChI is InChI=1S/C15H22N2O5/c1-11-3-4-12(22-11)10-17-6-5-16(7-8-21-2)15(20)13(17)9-14(18)19/h3-4,13H,5-10H2,1-2H3,(H,18,19). The first-order chi connectivity index (χ1) is 10.5. The van der Waals surface area contributed by atoms with Gasteiger partial charge in [0.05, 0.1) is 19.6 Å². The van der Waals surface area contributed by atoms with Crippen molar-refractivity contribution in [3.05, 3.63) is 23.7 Å². The van der Waals surface area contributed by atoms with E-state index >= 15 is 0 Å². The quantitative estimate of drug-likeness (QED) is 0.799. The maximum atomic E-state index is 12.5. The number of nitrogens with zero attached hydrogens (tertiary/aromatic N) is 2. The molecule has 1 aliphatic rings. The average Bonchev–Trinajstić information content (AvgIpc) is 2.87. The second-order valence-electron chi connectivity index (χ2n) is 5.41. The van der Waals surface area contributed by atoms with Crippen LogP contribution in [0.15, 0.2) is 16.5 Å². The van der Waals surface area contributed by atoms with E-state index in [0.29, 0.717) is 32.8 Å². The summed E-state index contributed by atoms with van der Waals surface area (Å²) in [6, 6.07) is 3.06. The molecule has 22 heavy (non-hydrogen) atoms. The zero-order valence-electron chi connectivity index (χ0n) is 12.9. The summed E-state index contributed by atoms with van der Waals surface area (Å²) in [7, 11) is 1.58. The highest BCUT2D eigenvalue weighted by molar-refractivity contribution is 5.86. The summed E-state index contributed by atoms with van der Waals surface area (Å²) < 4.78 is 10.5. The molecule has 1 amide bonds. The summed E-state index contributed by atoms with van der Waals surface area (Å²) in [6.45, 7) is 4.41. The lowest BCUT2D eigenvalue weighted by molar-refractivity contribution is -0.150. The van der Waals surface area contributed by atoms with Gasteiger partial charge in [-0.25, -0.2) is 0 Å². The van der Waals surface area contributed by atoms with Gasteiger partial charge in [0.2, 0.25) is 5.91 Å². The van der Waals surface area contributed by atoms with E-state index in [4.69, 9.17) is 14.3 Å². The van der Waals surface area contributed by atoms with Gasteiger partial charge in [-0.3, -0.25) is 14.5 Å². The molecule has 1 atom stereocenters. The second kappa shape index (κ2) is 7.42. The summed E-state index contributed by atoms with van der Waals surface area (Å²) in [5, 5.41) is 9.09. The minimum atomic E-state index is -0.979. The summed E-state index contributed by atoms with van der Waals surface area (Å²) >= 11 is 0. The third-order valence-corrected chi connectivity index (χ3v) is 3.78. The highest BCUT2D eigenvalue weighted by atomic mass is 16.5. The molecule has 0 aliphatic carbocycles. The van der Waals surface area contributed by atoms with Gasteiger partial charge in [0.25, 0.3) is 0 Å². The van der Waals surface area contributed by atoms with Gasteiger partial charge in [0.15, 0.2) is 0 Å². The molecule has 7 heteroatoms. The third kappa shape index (κ3) is 4.08. The number of hydrogen-bond acceptors (Lipinski definition) is 5. The molecule has 122 valence electrons. The molecular formula is C15H22N2O5. The molecular weight excluding hydrogens is 288 g/mol. The largest absolute Gasteiger partial charge is 0.481 e. The van der Waals surface area contributed by atoms with Crippen molar-refractivity contribution < 1.29 is 23.8 Å². The fraction of sp³-hybridized carbons (Fsp3) is 0.600. The Balaban J connectivity index is 2.08. The molecule has 1 unspecified atom stereocenters. The molecule has 0 radical (unpaired) electrons. The number of hydrogen-bond donors (Lipinski definition) is 1. The van der Waals surface area contributed by atoms with Gasteiger partial charge in [-0.05, 0) is 19.1 Å². The number of ether oxygens (including phenoxy) is 1. The number of furan rings is 1. The number of amides is 1. The molecule has 7 nitrogen and oxygen atoms in total. The van der Waals surface area contributed by atoms with Gasteiger partial charge in [-0.2, -0.15) is 0 Å². The fourth-order valence-corrected chi connectivity index (χ4v) is 2.65. The average molecular weight is 310 g/mol. The van der Waals surface area contributed by atoms with E-state index in [1.165, 1.54) is 0 Å². The van der Waals surface area contributed by atoms with Crippen molar-refractivity contribution in [1.82, 2.24) is 9.80 Å². The Morgan fingerprint density at radius 2 is 2.23 bits per heavy atom. The summed E-state index contributed by atoms with van der Waals surface area (Å²) in [4.78, 5) is 27.1. The van der Waals surface area contributed by atoms with Crippen LogP contribution in [0, 0.1) is 6.92 Å². The van der Waals surface area contributed by atoms with Crippen molar-refractivity contribution >= 4 is 11.9 Å². The lowest BCUT2D eigenvalue weighted by atomic mass is 10.1. The Labute approximate surface area is 129 Å². The van der Waals surface area contributed by atoms with Crippen molar-refractivity contribution in [2.45, 2.75) is 25.9 Å². The maximum Gasteiger partial charge on any atom is 0.305 e. The minimum absolute atomic E-state index is 0.158. The lowest BCUT2D eigenvalue weighted by Crippen LogP contribution is -2.57. The van der Waals surface area contributed by atoms with E-state index in [-0.39, 0.29) is 12.3 Å². The van der Waals surface area contributed by atoms with Crippen LogP contribution in [0.2, 0.25) is 0 Å². The summed E-state index contributed by atoms with van der Waals surface area (Å²) in [5.74, 6) is 0.405. The smallest absolute Gasteiger partial charge is 0.305 e. The van der Waals surface area contributed by atoms with Crippen molar-refractivity contribution in [2.75, 3.05) is 33.4 Å². The monoisotopic (exact) mass is 310 g/mol. The predicted molar refractivity (Wildman–Crippen MR) is 78.4 cm³/mol. The van der Waals surface area contributed by atoms with Crippen molar-refractivity contribution in [3.63, 3.8) is 0 Å². The third-order valence-electron chi connectivity index (χ3n) is 3.78. The van der Waals surface area contributed by atoms with Crippen LogP contribution >= 0.6 is 0 Å². The van der Waals surface area contributed by atoms with Crippen molar-refractivity contribution in [1.29, 1.82) is 0 Å². The molecule has 2 heterocycles. The number of aliphatic carboxylic acids is 1. The maximum absolute atomic E-state index is 12.5. The number of methoxy groups -OCH3 is 1. The molecule has 1 aliphatic heterocycles. The van der Waals surface area contributed by atoms with Gasteiger partial charge < -0.3 is 19.2 Å². The van der Waals surface area contributed by atoms with Crippen LogP contribution in [0.4, 0.5) is 0 Å². The molecule has 1 fully saturated rings. The number of carbonyl (C=O) groups is 2. The first kappa shape index (κ1) is 16.5. The van der Waals surface area contributed by atoms with E-state index in [1.807, 2.05) is 24.0 Å². The Morgan fingerprint density at radius 3 is 2.82 bits per heavy atom. The first-order valence-corrected chi connectivity index (χ1v) is 7.30. The summed E-state index contributed by atoms with van der Waals surface area (Å²) in [5.41, 5.74) is 0. The van der Waals surface area contributed by atoms with E-state index in [0.717, 1.165) is 11.5 Å². The Hall–Kier alpha value is -1.86. The van der Waals surface area contributed by atoms with Crippen LogP contribution in [0.25, 0.3) is 0 Å². The van der Waals surface area contributed by atoms with Gasteiger partial charge in [-0.15, -0.1) is 0 Å².